The van der Waals surface area contributed by atoms with Gasteiger partial charge in [0.2, 0.25) is 0 Å². The largest absolute Gasteiger partial charge is 0.493 e. The molecule has 0 aromatic carbocycles. The van der Waals surface area contributed by atoms with E-state index in [1.54, 1.807) is 4.68 Å². The van der Waals surface area contributed by atoms with Gasteiger partial charge in [0.1, 0.15) is 5.82 Å². The third-order valence-corrected chi connectivity index (χ3v) is 1.99. The number of nitrogens with zero attached hydrogens (tertiary/aromatic N) is 2. The number of anilines is 1. The van der Waals surface area contributed by atoms with Crippen LogP contribution in [0.25, 0.3) is 0 Å². The maximum Gasteiger partial charge on any atom is 0.493 e. The van der Waals surface area contributed by atoms with Crippen molar-refractivity contribution in [2.45, 2.75) is 13.0 Å². The molecule has 0 saturated carbocycles. The number of aryl methyl sites for hydroxylation is 1. The van der Waals surface area contributed by atoms with Crippen molar-refractivity contribution in [3.8, 4) is 0 Å². The van der Waals surface area contributed by atoms with Crippen LogP contribution in [0.15, 0.2) is 6.20 Å². The average Bonchev–Trinajstić information content (AvgIpc) is 2.47. The number of hydrogen-bond donors (Lipinski definition) is 3. The van der Waals surface area contributed by atoms with E-state index in [1.807, 2.05) is 0 Å². The van der Waals surface area contributed by atoms with Crippen LogP contribution in [-0.2, 0) is 6.54 Å². The molecule has 64 valence electrons. The minimum absolute atomic E-state index is 0.453. The fraction of sp³-hybridized carbons (Fsp3) is 0.500. The summed E-state index contributed by atoms with van der Waals surface area (Å²) < 4.78 is 1.75. The lowest BCUT2D eigenvalue weighted by molar-refractivity contribution is 0.426. The smallest absolute Gasteiger partial charge is 0.423 e. The summed E-state index contributed by atoms with van der Waals surface area (Å²) in [5.41, 5.74) is 0.453. The predicted octanol–water partition coefficient (Wildman–Crippen LogP) is -1.62. The lowest BCUT2D eigenvalue weighted by atomic mass is 9.82. The normalized spacial score (nSPS) is 15.2. The molecule has 1 aliphatic heterocycles. The SMILES string of the molecule is OB(O)c1cnn2c1NCCC2. The number of aromatic nitrogens is 2. The Bertz CT molecular complexity index is 286. The molecule has 0 amide bonds. The second-order valence-electron chi connectivity index (χ2n) is 2.83. The van der Waals surface area contributed by atoms with E-state index in [-0.39, 0.29) is 0 Å². The Morgan fingerprint density at radius 1 is 1.58 bits per heavy atom. The Morgan fingerprint density at radius 2 is 2.42 bits per heavy atom. The summed E-state index contributed by atoms with van der Waals surface area (Å²) in [6.45, 7) is 1.71. The van der Waals surface area contributed by atoms with Gasteiger partial charge in [-0.25, -0.2) is 0 Å². The molecule has 0 aliphatic carbocycles. The van der Waals surface area contributed by atoms with Crippen LogP contribution in [-0.4, -0.2) is 33.5 Å². The van der Waals surface area contributed by atoms with Gasteiger partial charge in [-0.15, -0.1) is 0 Å². The van der Waals surface area contributed by atoms with Crippen molar-refractivity contribution in [2.75, 3.05) is 11.9 Å². The Kier molecular flexibility index (Phi) is 1.78. The highest BCUT2D eigenvalue weighted by Crippen LogP contribution is 2.09. The molecule has 1 aromatic heterocycles. The molecule has 1 aromatic rings. The first-order valence-electron chi connectivity index (χ1n) is 3.95. The van der Waals surface area contributed by atoms with E-state index >= 15 is 0 Å². The summed E-state index contributed by atoms with van der Waals surface area (Å²) in [6.07, 6.45) is 2.51. The van der Waals surface area contributed by atoms with Gasteiger partial charge in [-0.1, -0.05) is 0 Å². The second kappa shape index (κ2) is 2.80. The van der Waals surface area contributed by atoms with E-state index in [4.69, 9.17) is 10.0 Å². The van der Waals surface area contributed by atoms with Gasteiger partial charge in [-0.3, -0.25) is 4.68 Å². The molecule has 0 radical (unpaired) electrons. The summed E-state index contributed by atoms with van der Waals surface area (Å²) in [4.78, 5) is 0. The first-order valence-corrected chi connectivity index (χ1v) is 3.95. The van der Waals surface area contributed by atoms with Crippen LogP contribution in [0.3, 0.4) is 0 Å². The third-order valence-electron chi connectivity index (χ3n) is 1.99. The zero-order valence-electron chi connectivity index (χ0n) is 6.56. The van der Waals surface area contributed by atoms with Crippen LogP contribution >= 0.6 is 0 Å². The average molecular weight is 167 g/mol. The molecule has 0 bridgehead atoms. The van der Waals surface area contributed by atoms with Crippen molar-refractivity contribution < 1.29 is 10.0 Å². The lowest BCUT2D eigenvalue weighted by Crippen LogP contribution is -2.33. The number of nitrogens with one attached hydrogen (secondary N) is 1. The summed E-state index contributed by atoms with van der Waals surface area (Å²) >= 11 is 0. The minimum Gasteiger partial charge on any atom is -0.423 e. The maximum atomic E-state index is 8.93. The van der Waals surface area contributed by atoms with Crippen molar-refractivity contribution in [1.82, 2.24) is 9.78 Å². The molecule has 12 heavy (non-hydrogen) atoms. The molecule has 0 unspecified atom stereocenters. The third kappa shape index (κ3) is 1.09. The highest BCUT2D eigenvalue weighted by Gasteiger charge is 2.22. The summed E-state index contributed by atoms with van der Waals surface area (Å²) in [6, 6.07) is 0. The van der Waals surface area contributed by atoms with Crippen LogP contribution in [0.4, 0.5) is 5.82 Å². The molecular weight excluding hydrogens is 157 g/mol. The fourth-order valence-corrected chi connectivity index (χ4v) is 1.39. The van der Waals surface area contributed by atoms with Crippen LogP contribution < -0.4 is 10.8 Å². The van der Waals surface area contributed by atoms with Crippen molar-refractivity contribution >= 4 is 18.4 Å². The molecule has 1 aliphatic rings. The van der Waals surface area contributed by atoms with Crippen LogP contribution in [0.5, 0.6) is 0 Å². The zero-order valence-corrected chi connectivity index (χ0v) is 6.56. The number of fused-ring (bicyclic) bond motifs is 1. The standard InChI is InChI=1S/C6H10BN3O2/c11-7(12)5-4-9-10-3-1-2-8-6(5)10/h4,8,11-12H,1-3H2. The van der Waals surface area contributed by atoms with Gasteiger partial charge in [-0.05, 0) is 6.42 Å². The second-order valence-corrected chi connectivity index (χ2v) is 2.83. The highest BCUT2D eigenvalue weighted by atomic mass is 16.4. The summed E-state index contributed by atoms with van der Waals surface area (Å²) in [7, 11) is -1.43. The molecular formula is C6H10BN3O2. The van der Waals surface area contributed by atoms with Gasteiger partial charge >= 0.3 is 7.12 Å². The molecule has 5 nitrogen and oxygen atoms in total. The molecule has 3 N–H and O–H groups in total. The monoisotopic (exact) mass is 167 g/mol. The van der Waals surface area contributed by atoms with E-state index in [0.29, 0.717) is 5.46 Å². The molecule has 0 fully saturated rings. The van der Waals surface area contributed by atoms with E-state index in [2.05, 4.69) is 10.4 Å². The topological polar surface area (TPSA) is 70.3 Å². The zero-order chi connectivity index (χ0) is 8.55. The van der Waals surface area contributed by atoms with E-state index in [9.17, 15) is 0 Å². The van der Waals surface area contributed by atoms with Gasteiger partial charge in [0, 0.05) is 18.6 Å². The molecule has 0 atom stereocenters. The summed E-state index contributed by atoms with van der Waals surface area (Å²) in [5, 5.41) is 24.9. The molecule has 2 heterocycles. The van der Waals surface area contributed by atoms with Gasteiger partial charge in [-0.2, -0.15) is 5.10 Å². The molecule has 2 rings (SSSR count). The van der Waals surface area contributed by atoms with Crippen LogP contribution in [0.1, 0.15) is 6.42 Å². The minimum atomic E-state index is -1.43. The quantitative estimate of drug-likeness (QED) is 0.439. The Labute approximate surface area is 70.2 Å². The summed E-state index contributed by atoms with van der Waals surface area (Å²) in [5.74, 6) is 0.733. The van der Waals surface area contributed by atoms with Crippen molar-refractivity contribution in [2.24, 2.45) is 0 Å². The van der Waals surface area contributed by atoms with Crippen molar-refractivity contribution in [3.63, 3.8) is 0 Å². The predicted molar refractivity (Wildman–Crippen MR) is 45.2 cm³/mol. The van der Waals surface area contributed by atoms with Gasteiger partial charge in [0.05, 0.1) is 6.20 Å². The highest BCUT2D eigenvalue weighted by molar-refractivity contribution is 6.60. The molecule has 0 spiro atoms. The fourth-order valence-electron chi connectivity index (χ4n) is 1.39. The Balaban J connectivity index is 2.38. The molecule has 6 heteroatoms. The maximum absolute atomic E-state index is 8.93. The van der Waals surface area contributed by atoms with Crippen molar-refractivity contribution in [1.29, 1.82) is 0 Å². The van der Waals surface area contributed by atoms with Crippen molar-refractivity contribution in [3.05, 3.63) is 6.20 Å². The van der Waals surface area contributed by atoms with Gasteiger partial charge < -0.3 is 15.4 Å². The number of hydrogen-bond acceptors (Lipinski definition) is 4. The Morgan fingerprint density at radius 3 is 3.17 bits per heavy atom. The first-order chi connectivity index (χ1) is 5.79. The van der Waals surface area contributed by atoms with E-state index < -0.39 is 7.12 Å². The van der Waals surface area contributed by atoms with Crippen LogP contribution in [0.2, 0.25) is 0 Å². The molecule has 0 saturated heterocycles. The van der Waals surface area contributed by atoms with Gasteiger partial charge in [0.25, 0.3) is 0 Å². The van der Waals surface area contributed by atoms with E-state index in [0.717, 1.165) is 25.3 Å². The number of rotatable bonds is 1. The van der Waals surface area contributed by atoms with Gasteiger partial charge in [0.15, 0.2) is 0 Å². The lowest BCUT2D eigenvalue weighted by Gasteiger charge is -2.16. The van der Waals surface area contributed by atoms with Crippen LogP contribution in [0, 0.1) is 0 Å². The van der Waals surface area contributed by atoms with E-state index in [1.165, 1.54) is 6.20 Å². The Hall–Kier alpha value is -1.01. The first kappa shape index (κ1) is 7.63.